The summed E-state index contributed by atoms with van der Waals surface area (Å²) in [6, 6.07) is 14.0. The van der Waals surface area contributed by atoms with Gasteiger partial charge in [-0.15, -0.1) is 0 Å². The molecular formula is C20H20N4O4. The molecule has 1 aromatic carbocycles. The first-order chi connectivity index (χ1) is 13.7. The van der Waals surface area contributed by atoms with E-state index in [1.54, 1.807) is 31.5 Å². The minimum atomic E-state index is -0.289. The molecule has 2 heterocycles. The number of pyridine rings is 1. The van der Waals surface area contributed by atoms with Crippen LogP contribution in [0.3, 0.4) is 0 Å². The quantitative estimate of drug-likeness (QED) is 0.636. The van der Waals surface area contributed by atoms with Gasteiger partial charge in [0.2, 0.25) is 0 Å². The molecule has 0 aliphatic rings. The predicted octanol–water partition coefficient (Wildman–Crippen LogP) is 1.51. The molecule has 1 N–H and O–H groups in total. The van der Waals surface area contributed by atoms with Gasteiger partial charge in [-0.1, -0.05) is 0 Å². The number of benzene rings is 1. The van der Waals surface area contributed by atoms with Crippen molar-refractivity contribution in [3.05, 3.63) is 71.3 Å². The van der Waals surface area contributed by atoms with E-state index in [1.165, 1.54) is 16.9 Å². The maximum absolute atomic E-state index is 12.0. The van der Waals surface area contributed by atoms with E-state index in [0.29, 0.717) is 11.4 Å². The Morgan fingerprint density at radius 1 is 1.11 bits per heavy atom. The number of hydrogen-bond donors (Lipinski definition) is 1. The molecule has 1 amide bonds. The summed E-state index contributed by atoms with van der Waals surface area (Å²) in [6.07, 6.45) is 3.15. The summed E-state index contributed by atoms with van der Waals surface area (Å²) in [6.45, 7) is 0.384. The highest BCUT2D eigenvalue weighted by molar-refractivity contribution is 5.77. The molecule has 0 radical (unpaired) electrons. The number of ether oxygens (including phenoxy) is 2. The van der Waals surface area contributed by atoms with Crippen molar-refractivity contribution in [3.8, 4) is 22.8 Å². The zero-order valence-corrected chi connectivity index (χ0v) is 15.4. The van der Waals surface area contributed by atoms with Gasteiger partial charge in [0.15, 0.2) is 6.61 Å². The average molecular weight is 380 g/mol. The Bertz CT molecular complexity index is 972. The Morgan fingerprint density at radius 2 is 1.93 bits per heavy atom. The van der Waals surface area contributed by atoms with Crippen LogP contribution in [0, 0.1) is 0 Å². The Hall–Kier alpha value is -3.68. The van der Waals surface area contributed by atoms with Crippen molar-refractivity contribution in [3.63, 3.8) is 0 Å². The van der Waals surface area contributed by atoms with Crippen LogP contribution in [0.4, 0.5) is 0 Å². The van der Waals surface area contributed by atoms with E-state index >= 15 is 0 Å². The van der Waals surface area contributed by atoms with E-state index < -0.39 is 0 Å². The van der Waals surface area contributed by atoms with Gasteiger partial charge in [0.1, 0.15) is 11.5 Å². The molecular weight excluding hydrogens is 360 g/mol. The first-order valence-electron chi connectivity index (χ1n) is 8.68. The molecule has 0 aliphatic carbocycles. The number of nitrogens with zero attached hydrogens (tertiary/aromatic N) is 3. The highest BCUT2D eigenvalue weighted by Crippen LogP contribution is 2.19. The van der Waals surface area contributed by atoms with E-state index in [9.17, 15) is 9.59 Å². The van der Waals surface area contributed by atoms with E-state index in [4.69, 9.17) is 9.47 Å². The summed E-state index contributed by atoms with van der Waals surface area (Å²) in [5.74, 6) is 0.972. The number of nitrogens with one attached hydrogen (secondary N) is 1. The number of amides is 1. The number of rotatable bonds is 8. The summed E-state index contributed by atoms with van der Waals surface area (Å²) < 4.78 is 11.8. The molecule has 0 unspecified atom stereocenters. The zero-order valence-electron chi connectivity index (χ0n) is 15.4. The van der Waals surface area contributed by atoms with Gasteiger partial charge in [-0.2, -0.15) is 5.10 Å². The third kappa shape index (κ3) is 5.16. The van der Waals surface area contributed by atoms with Crippen molar-refractivity contribution in [2.45, 2.75) is 6.54 Å². The highest BCUT2D eigenvalue weighted by atomic mass is 16.5. The predicted molar refractivity (Wildman–Crippen MR) is 103 cm³/mol. The van der Waals surface area contributed by atoms with Crippen LogP contribution in [0.5, 0.6) is 11.5 Å². The summed E-state index contributed by atoms with van der Waals surface area (Å²) in [5.41, 5.74) is 1.29. The molecule has 0 saturated carbocycles. The fourth-order valence-electron chi connectivity index (χ4n) is 2.46. The standard InChI is InChI=1S/C20H20N4O4/c1-27-16-6-4-15(5-7-16)18-8-9-20(26)24(23-18)12-11-22-19(25)14-28-17-3-2-10-21-13-17/h2-10,13H,11-12,14H2,1H3,(H,22,25). The Labute approximate surface area is 161 Å². The fraction of sp³-hybridized carbons (Fsp3) is 0.200. The molecule has 0 saturated heterocycles. The van der Waals surface area contributed by atoms with E-state index in [2.05, 4.69) is 15.4 Å². The molecule has 3 rings (SSSR count). The zero-order chi connectivity index (χ0) is 19.8. The first-order valence-corrected chi connectivity index (χ1v) is 8.68. The molecule has 0 aliphatic heterocycles. The lowest BCUT2D eigenvalue weighted by atomic mass is 10.1. The second kappa shape index (κ2) is 9.31. The van der Waals surface area contributed by atoms with Gasteiger partial charge in [-0.25, -0.2) is 4.68 Å². The third-order valence-electron chi connectivity index (χ3n) is 3.90. The number of carbonyl (C=O) groups excluding carboxylic acids is 1. The Kier molecular flexibility index (Phi) is 6.35. The monoisotopic (exact) mass is 380 g/mol. The van der Waals surface area contributed by atoms with Crippen LogP contribution in [0.2, 0.25) is 0 Å². The van der Waals surface area contributed by atoms with Crippen molar-refractivity contribution in [2.75, 3.05) is 20.3 Å². The number of hydrogen-bond acceptors (Lipinski definition) is 6. The summed E-state index contributed by atoms with van der Waals surface area (Å²) in [5, 5.41) is 7.06. The Morgan fingerprint density at radius 3 is 2.64 bits per heavy atom. The molecule has 28 heavy (non-hydrogen) atoms. The largest absolute Gasteiger partial charge is 0.497 e. The molecule has 8 heteroatoms. The average Bonchev–Trinajstić information content (AvgIpc) is 2.74. The van der Waals surface area contributed by atoms with Crippen LogP contribution < -0.4 is 20.3 Å². The smallest absolute Gasteiger partial charge is 0.266 e. The SMILES string of the molecule is COc1ccc(-c2ccc(=O)n(CCNC(=O)COc3cccnc3)n2)cc1. The van der Waals surface area contributed by atoms with E-state index in [1.807, 2.05) is 24.3 Å². The van der Waals surface area contributed by atoms with Gasteiger partial charge in [0.25, 0.3) is 11.5 Å². The Balaban J connectivity index is 1.55. The van der Waals surface area contributed by atoms with Gasteiger partial charge >= 0.3 is 0 Å². The normalized spacial score (nSPS) is 10.3. The lowest BCUT2D eigenvalue weighted by molar-refractivity contribution is -0.123. The van der Waals surface area contributed by atoms with Gasteiger partial charge in [0, 0.05) is 24.4 Å². The second-order valence-electron chi connectivity index (χ2n) is 5.84. The van der Waals surface area contributed by atoms with Gasteiger partial charge in [-0.3, -0.25) is 14.6 Å². The third-order valence-corrected chi connectivity index (χ3v) is 3.90. The van der Waals surface area contributed by atoms with Gasteiger partial charge < -0.3 is 14.8 Å². The van der Waals surface area contributed by atoms with E-state index in [0.717, 1.165) is 11.3 Å². The minimum absolute atomic E-state index is 0.125. The van der Waals surface area contributed by atoms with Gasteiger partial charge in [0.05, 0.1) is 25.5 Å². The molecule has 0 fully saturated rings. The van der Waals surface area contributed by atoms with Crippen LogP contribution in [-0.4, -0.2) is 40.9 Å². The summed E-state index contributed by atoms with van der Waals surface area (Å²) >= 11 is 0. The van der Waals surface area contributed by atoms with Crippen molar-refractivity contribution >= 4 is 5.91 Å². The van der Waals surface area contributed by atoms with Gasteiger partial charge in [-0.05, 0) is 42.5 Å². The number of carbonyl (C=O) groups is 1. The number of methoxy groups -OCH3 is 1. The summed E-state index contributed by atoms with van der Waals surface area (Å²) in [4.78, 5) is 27.8. The molecule has 2 aromatic heterocycles. The lowest BCUT2D eigenvalue weighted by Crippen LogP contribution is -2.34. The lowest BCUT2D eigenvalue weighted by Gasteiger charge is -2.09. The molecule has 3 aromatic rings. The molecule has 0 atom stereocenters. The summed E-state index contributed by atoms with van der Waals surface area (Å²) in [7, 11) is 1.60. The molecule has 0 spiro atoms. The maximum Gasteiger partial charge on any atom is 0.266 e. The van der Waals surface area contributed by atoms with Crippen molar-refractivity contribution < 1.29 is 14.3 Å². The van der Waals surface area contributed by atoms with E-state index in [-0.39, 0.29) is 31.2 Å². The maximum atomic E-state index is 12.0. The topological polar surface area (TPSA) is 95.3 Å². The highest BCUT2D eigenvalue weighted by Gasteiger charge is 2.06. The van der Waals surface area contributed by atoms with Crippen LogP contribution in [0.1, 0.15) is 0 Å². The first kappa shape index (κ1) is 19.1. The number of aromatic nitrogens is 3. The minimum Gasteiger partial charge on any atom is -0.497 e. The van der Waals surface area contributed by atoms with Crippen LogP contribution in [0.25, 0.3) is 11.3 Å². The van der Waals surface area contributed by atoms with Crippen LogP contribution >= 0.6 is 0 Å². The fourth-order valence-corrected chi connectivity index (χ4v) is 2.46. The van der Waals surface area contributed by atoms with Crippen molar-refractivity contribution in [1.82, 2.24) is 20.1 Å². The van der Waals surface area contributed by atoms with Crippen LogP contribution in [0.15, 0.2) is 65.7 Å². The molecule has 8 nitrogen and oxygen atoms in total. The van der Waals surface area contributed by atoms with Crippen LogP contribution in [-0.2, 0) is 11.3 Å². The molecule has 144 valence electrons. The van der Waals surface area contributed by atoms with Crippen molar-refractivity contribution in [1.29, 1.82) is 0 Å². The van der Waals surface area contributed by atoms with Crippen molar-refractivity contribution in [2.24, 2.45) is 0 Å². The molecule has 0 bridgehead atoms. The second-order valence-corrected chi connectivity index (χ2v) is 5.84.